The minimum atomic E-state index is -1.53. The van der Waals surface area contributed by atoms with Gasteiger partial charge in [0.05, 0.1) is 61.7 Å². The van der Waals surface area contributed by atoms with Gasteiger partial charge in [0.1, 0.15) is 46.5 Å². The van der Waals surface area contributed by atoms with E-state index in [1.807, 2.05) is 0 Å². The largest absolute Gasteiger partial charge is 0.444 e. The highest BCUT2D eigenvalue weighted by molar-refractivity contribution is 5.72. The zero-order valence-corrected chi connectivity index (χ0v) is 41.9. The summed E-state index contributed by atoms with van der Waals surface area (Å²) in [6.07, 6.45) is -5.64. The van der Waals surface area contributed by atoms with Gasteiger partial charge in [-0.1, -0.05) is 18.2 Å². The third-order valence-electron chi connectivity index (χ3n) is 13.8. The van der Waals surface area contributed by atoms with E-state index in [1.165, 1.54) is 51.1 Å². The van der Waals surface area contributed by atoms with E-state index in [0.29, 0.717) is 54.5 Å². The summed E-state index contributed by atoms with van der Waals surface area (Å²) in [6.45, 7) is 15.9. The summed E-state index contributed by atoms with van der Waals surface area (Å²) in [5.74, 6) is -1.66. The lowest BCUT2D eigenvalue weighted by Gasteiger charge is -2.54. The van der Waals surface area contributed by atoms with Gasteiger partial charge in [0, 0.05) is 6.54 Å². The van der Waals surface area contributed by atoms with Gasteiger partial charge in [-0.3, -0.25) is 9.80 Å². The molecule has 71 heavy (non-hydrogen) atoms. The summed E-state index contributed by atoms with van der Waals surface area (Å²) in [5, 5.41) is 36.0. The summed E-state index contributed by atoms with van der Waals surface area (Å²) in [5.41, 5.74) is -0.304. The minimum absolute atomic E-state index is 0.0102. The molecule has 4 saturated heterocycles. The molecule has 11 atom stereocenters. The van der Waals surface area contributed by atoms with Crippen LogP contribution in [0.15, 0.2) is 54.6 Å². The number of likely N-dealkylation sites (tertiary alicyclic amines) is 3. The Kier molecular flexibility index (Phi) is 14.9. The van der Waals surface area contributed by atoms with Gasteiger partial charge < -0.3 is 48.6 Å². The Morgan fingerprint density at radius 2 is 1.18 bits per heavy atom. The fraction of sp³-hybridized carbons (Fsp3) is 0.604. The summed E-state index contributed by atoms with van der Waals surface area (Å²) in [4.78, 5) is 45.2. The first-order valence-electron chi connectivity index (χ1n) is 24.6. The second kappa shape index (κ2) is 20.1. The molecule has 0 bridgehead atoms. The first-order chi connectivity index (χ1) is 33.3. The van der Waals surface area contributed by atoms with Gasteiger partial charge in [-0.15, -0.1) is 0 Å². The van der Waals surface area contributed by atoms with E-state index in [9.17, 15) is 38.5 Å². The van der Waals surface area contributed by atoms with Crippen LogP contribution < -0.4 is 0 Å². The number of halogens is 3. The van der Waals surface area contributed by atoms with Crippen molar-refractivity contribution >= 4 is 18.3 Å². The van der Waals surface area contributed by atoms with Crippen molar-refractivity contribution in [3.05, 3.63) is 105 Å². The van der Waals surface area contributed by atoms with Crippen molar-refractivity contribution in [2.45, 2.75) is 198 Å². The molecule has 0 aromatic heterocycles. The highest BCUT2D eigenvalue weighted by Gasteiger charge is 2.55. The third kappa shape index (κ3) is 11.5. The number of rotatable bonds is 11. The number of hydrogen-bond donors (Lipinski definition) is 3. The molecule has 3 N–H and O–H groups in total. The second-order valence-corrected chi connectivity index (χ2v) is 22.4. The molecule has 4 fully saturated rings. The smallest absolute Gasteiger partial charge is 0.410 e. The number of aliphatic hydroxyl groups is 3. The number of carbonyl (C=O) groups excluding carboxylic acids is 3. The van der Waals surface area contributed by atoms with E-state index in [2.05, 4.69) is 0 Å². The maximum Gasteiger partial charge on any atom is 0.410 e. The van der Waals surface area contributed by atoms with E-state index in [1.54, 1.807) is 68.4 Å². The zero-order chi connectivity index (χ0) is 51.5. The van der Waals surface area contributed by atoms with Gasteiger partial charge in [-0.25, -0.2) is 27.6 Å². The molecule has 18 heteroatoms. The van der Waals surface area contributed by atoms with Gasteiger partial charge in [-0.05, 0) is 171 Å². The monoisotopic (exact) mass is 995 g/mol. The van der Waals surface area contributed by atoms with Crippen molar-refractivity contribution in [3.63, 3.8) is 0 Å². The molecule has 15 nitrogen and oxygen atoms in total. The number of benzene rings is 3. The number of amides is 3. The molecule has 0 saturated carbocycles. The van der Waals surface area contributed by atoms with E-state index in [4.69, 9.17) is 28.4 Å². The highest BCUT2D eigenvalue weighted by Crippen LogP contribution is 2.49. The molecule has 5 aliphatic rings. The fourth-order valence-electron chi connectivity index (χ4n) is 10.4. The van der Waals surface area contributed by atoms with Gasteiger partial charge >= 0.3 is 18.3 Å². The number of hydrogen-bond acceptors (Lipinski definition) is 12. The Labute approximate surface area is 413 Å². The molecule has 0 radical (unpaired) electrons. The Hall–Kier alpha value is -4.98. The molecule has 3 amide bonds. The van der Waals surface area contributed by atoms with Crippen LogP contribution in [-0.2, 0) is 41.6 Å². The minimum Gasteiger partial charge on any atom is -0.444 e. The summed E-state index contributed by atoms with van der Waals surface area (Å²) in [7, 11) is 0. The SMILES string of the molecule is CC(C)(C)OC(=O)N1CC[C@H]1C(O)c1ccc(F)cc1COC1CCCC(C2C[C@@H](C(O)c3ccc(F)cc3C(O)C3C[C@@H](C4OCc5cc(F)ccc54)N3C(=O)OC(C)(C)C)N2C(=O)OC(C)(C)C)O1. The molecule has 8 unspecified atom stereocenters. The normalized spacial score (nSPS) is 26.8. The Morgan fingerprint density at radius 3 is 1.80 bits per heavy atom. The van der Waals surface area contributed by atoms with Crippen molar-refractivity contribution < 1.29 is 71.3 Å². The lowest BCUT2D eigenvalue weighted by atomic mass is 9.77. The maximum atomic E-state index is 15.3. The van der Waals surface area contributed by atoms with Crippen LogP contribution in [0.25, 0.3) is 0 Å². The Balaban J connectivity index is 0.986. The fourth-order valence-corrected chi connectivity index (χ4v) is 10.4. The summed E-state index contributed by atoms with van der Waals surface area (Å²) < 4.78 is 80.2. The predicted octanol–water partition coefficient (Wildman–Crippen LogP) is 9.35. The average Bonchev–Trinajstić information content (AvgIpc) is 3.61. The number of ether oxygens (including phenoxy) is 6. The lowest BCUT2D eigenvalue weighted by molar-refractivity contribution is -0.228. The molecule has 8 rings (SSSR count). The van der Waals surface area contributed by atoms with Crippen molar-refractivity contribution in [1.82, 2.24) is 14.7 Å². The number of aliphatic hydroxyl groups excluding tert-OH is 3. The molecule has 5 aliphatic heterocycles. The van der Waals surface area contributed by atoms with Gasteiger partial charge in [-0.2, -0.15) is 0 Å². The standard InChI is InChI=1S/C53H68F3N3O12/c1-51(2,3)69-48(63)57-20-19-37(57)44(60)33-16-13-30(54)21-28(33)26-66-43-12-10-11-42(68-43)38-24-39(58(38)49(64)70-52(4,5)6)45(61)35-18-15-32(56)23-36(35)46(62)40-25-41(59(40)50(65)71-53(7,8)9)47-34-17-14-31(55)22-29(34)27-67-47/h13-18,21-23,37-47,60-62H,10-12,19-20,24-27H2,1-9H3/t37-,38?,39-,40?,41-,42?,43?,44?,45?,46?,47?/m0/s1. The van der Waals surface area contributed by atoms with E-state index in [0.717, 1.165) is 12.1 Å². The Morgan fingerprint density at radius 1 is 0.648 bits per heavy atom. The first kappa shape index (κ1) is 52.3. The Bertz CT molecular complexity index is 2460. The lowest BCUT2D eigenvalue weighted by Crippen LogP contribution is -2.66. The molecular formula is C53H68F3N3O12. The van der Waals surface area contributed by atoms with Crippen LogP contribution in [0.2, 0.25) is 0 Å². The quantitative estimate of drug-likeness (QED) is 0.155. The van der Waals surface area contributed by atoms with Crippen LogP contribution in [0.5, 0.6) is 0 Å². The topological polar surface area (TPSA) is 177 Å². The summed E-state index contributed by atoms with van der Waals surface area (Å²) >= 11 is 0. The van der Waals surface area contributed by atoms with Crippen LogP contribution in [0.4, 0.5) is 27.6 Å². The van der Waals surface area contributed by atoms with Crippen LogP contribution in [-0.4, -0.2) is 114 Å². The van der Waals surface area contributed by atoms with E-state index < -0.39 is 120 Å². The van der Waals surface area contributed by atoms with Gasteiger partial charge in [0.15, 0.2) is 6.29 Å². The zero-order valence-electron chi connectivity index (χ0n) is 41.9. The van der Waals surface area contributed by atoms with E-state index >= 15 is 4.39 Å². The highest BCUT2D eigenvalue weighted by atomic mass is 19.1. The number of carbonyl (C=O) groups is 3. The van der Waals surface area contributed by atoms with Crippen molar-refractivity contribution in [3.8, 4) is 0 Å². The predicted molar refractivity (Wildman–Crippen MR) is 251 cm³/mol. The molecule has 5 heterocycles. The van der Waals surface area contributed by atoms with Crippen molar-refractivity contribution in [2.75, 3.05) is 6.54 Å². The molecule has 3 aromatic rings. The van der Waals surface area contributed by atoms with Crippen LogP contribution in [0.3, 0.4) is 0 Å². The van der Waals surface area contributed by atoms with Gasteiger partial charge in [0.2, 0.25) is 0 Å². The average molecular weight is 996 g/mol. The maximum absolute atomic E-state index is 15.3. The molecule has 388 valence electrons. The molecule has 0 aliphatic carbocycles. The van der Waals surface area contributed by atoms with Crippen LogP contribution in [0, 0.1) is 17.5 Å². The van der Waals surface area contributed by atoms with Crippen LogP contribution >= 0.6 is 0 Å². The summed E-state index contributed by atoms with van der Waals surface area (Å²) in [6, 6.07) is 8.27. The number of fused-ring (bicyclic) bond motifs is 1. The first-order valence-corrected chi connectivity index (χ1v) is 24.6. The number of nitrogens with zero attached hydrogens (tertiary/aromatic N) is 3. The van der Waals surface area contributed by atoms with E-state index in [-0.39, 0.29) is 37.2 Å². The molecular weight excluding hydrogens is 928 g/mol. The third-order valence-corrected chi connectivity index (χ3v) is 13.8. The molecule has 3 aromatic carbocycles. The van der Waals surface area contributed by atoms with Crippen LogP contribution in [0.1, 0.15) is 159 Å². The van der Waals surface area contributed by atoms with Crippen molar-refractivity contribution in [2.24, 2.45) is 0 Å². The second-order valence-electron chi connectivity index (χ2n) is 22.4. The van der Waals surface area contributed by atoms with Gasteiger partial charge in [0.25, 0.3) is 0 Å². The van der Waals surface area contributed by atoms with Crippen molar-refractivity contribution in [1.29, 1.82) is 0 Å². The molecule has 0 spiro atoms.